The number of carbonyl (C=O) groups excluding carboxylic acids is 1. The van der Waals surface area contributed by atoms with Crippen molar-refractivity contribution >= 4 is 41.1 Å². The van der Waals surface area contributed by atoms with Crippen molar-refractivity contribution in [1.29, 1.82) is 0 Å². The van der Waals surface area contributed by atoms with Crippen LogP contribution in [-0.4, -0.2) is 56.0 Å². The van der Waals surface area contributed by atoms with Crippen molar-refractivity contribution in [3.05, 3.63) is 63.2 Å². The number of carbonyl (C=O) groups is 1. The van der Waals surface area contributed by atoms with Crippen molar-refractivity contribution in [1.82, 2.24) is 9.55 Å². The number of nitrogens with zero attached hydrogens (tertiary/aromatic N) is 1. The summed E-state index contributed by atoms with van der Waals surface area (Å²) in [4.78, 5) is 38.2. The van der Waals surface area contributed by atoms with E-state index in [9.17, 15) is 28.4 Å². The van der Waals surface area contributed by atoms with E-state index in [-0.39, 0.29) is 12.4 Å². The van der Waals surface area contributed by atoms with E-state index < -0.39 is 71.0 Å². The van der Waals surface area contributed by atoms with Gasteiger partial charge >= 0.3 is 19.3 Å². The number of aliphatic hydroxyl groups excluding tert-OH is 1. The summed E-state index contributed by atoms with van der Waals surface area (Å²) < 4.78 is 48.5. The fraction of sp³-hybridized carbons (Fsp3) is 0.500. The number of aromatic amines is 1. The number of aromatic nitrogens is 2. The van der Waals surface area contributed by atoms with E-state index in [0.717, 1.165) is 29.0 Å². The van der Waals surface area contributed by atoms with Gasteiger partial charge in [-0.1, -0.05) is 27.5 Å². The van der Waals surface area contributed by atoms with Crippen LogP contribution in [0.2, 0.25) is 0 Å². The lowest BCUT2D eigenvalue weighted by Gasteiger charge is -2.28. The first-order chi connectivity index (χ1) is 17.2. The van der Waals surface area contributed by atoms with Gasteiger partial charge in [0.1, 0.15) is 23.8 Å². The molecule has 15 heteroatoms. The molecule has 3 rings (SSSR count). The number of aliphatic hydroxyl groups is 1. The molecule has 0 amide bonds. The normalized spacial score (nSPS) is 25.4. The average molecular weight is 628 g/mol. The Balaban J connectivity index is 1.85. The Labute approximate surface area is 224 Å². The minimum atomic E-state index is -4.17. The number of benzene rings is 1. The molecule has 1 aliphatic rings. The molecule has 0 bridgehead atoms. The van der Waals surface area contributed by atoms with Gasteiger partial charge in [-0.05, 0) is 45.0 Å². The minimum Gasteiger partial charge on any atom is -0.466 e. The highest BCUT2D eigenvalue weighted by molar-refractivity contribution is 9.10. The van der Waals surface area contributed by atoms with Crippen LogP contribution in [0, 0.1) is 11.2 Å². The van der Waals surface area contributed by atoms with E-state index in [1.165, 1.54) is 26.0 Å². The van der Waals surface area contributed by atoms with E-state index in [1.54, 1.807) is 6.92 Å². The third kappa shape index (κ3) is 6.90. The van der Waals surface area contributed by atoms with E-state index in [1.807, 2.05) is 0 Å². The zero-order valence-corrected chi connectivity index (χ0v) is 23.3. The molecule has 0 saturated carbocycles. The fourth-order valence-electron chi connectivity index (χ4n) is 3.54. The van der Waals surface area contributed by atoms with E-state index >= 15 is 0 Å². The topological polar surface area (TPSA) is 146 Å². The number of hydrogen-bond donors (Lipinski definition) is 2. The summed E-state index contributed by atoms with van der Waals surface area (Å²) in [5, 5.41) is 10.8. The number of ether oxygens (including phenoxy) is 2. The predicted molar refractivity (Wildman–Crippen MR) is 135 cm³/mol. The minimum absolute atomic E-state index is 0.0159. The summed E-state index contributed by atoms with van der Waals surface area (Å²) in [6, 6.07) is 5.75. The number of rotatable bonds is 10. The van der Waals surface area contributed by atoms with Crippen molar-refractivity contribution in [2.75, 3.05) is 19.4 Å². The van der Waals surface area contributed by atoms with Crippen molar-refractivity contribution in [2.45, 2.75) is 43.0 Å². The third-order valence-electron chi connectivity index (χ3n) is 5.39. The van der Waals surface area contributed by atoms with Crippen molar-refractivity contribution in [2.24, 2.45) is 5.41 Å². The summed E-state index contributed by atoms with van der Waals surface area (Å²) in [5.74, 6) is -1.17. The van der Waals surface area contributed by atoms with Gasteiger partial charge in [0.05, 0.1) is 24.8 Å². The first kappa shape index (κ1) is 29.5. The molecule has 204 valence electrons. The zero-order valence-electron chi connectivity index (χ0n) is 20.1. The summed E-state index contributed by atoms with van der Waals surface area (Å²) in [5.41, 5.74) is -2.78. The monoisotopic (exact) mass is 626 g/mol. The van der Waals surface area contributed by atoms with Gasteiger partial charge < -0.3 is 19.1 Å². The van der Waals surface area contributed by atoms with Crippen LogP contribution in [0.4, 0.5) is 4.39 Å². The van der Waals surface area contributed by atoms with Crippen LogP contribution in [0.3, 0.4) is 0 Å². The number of esters is 1. The van der Waals surface area contributed by atoms with Gasteiger partial charge in [-0.25, -0.2) is 13.8 Å². The molecule has 5 atom stereocenters. The highest BCUT2D eigenvalue weighted by Gasteiger charge is 2.56. The Morgan fingerprint density at radius 2 is 1.97 bits per heavy atom. The molecule has 2 heterocycles. The van der Waals surface area contributed by atoms with Crippen LogP contribution in [0.25, 0.3) is 0 Å². The van der Waals surface area contributed by atoms with Gasteiger partial charge in [0.2, 0.25) is 0 Å². The molecule has 0 spiro atoms. The van der Waals surface area contributed by atoms with Gasteiger partial charge in [0, 0.05) is 12.3 Å². The van der Waals surface area contributed by atoms with E-state index in [4.69, 9.17) is 30.1 Å². The molecule has 1 fully saturated rings. The summed E-state index contributed by atoms with van der Waals surface area (Å²) in [7, 11) is -4.17. The number of hydrogen-bond acceptors (Lipinski definition) is 9. The molecule has 2 aromatic rings. The van der Waals surface area contributed by atoms with Crippen LogP contribution in [0.15, 0.2) is 46.1 Å². The molecule has 0 unspecified atom stereocenters. The predicted octanol–water partition coefficient (Wildman–Crippen LogP) is 3.14. The molecular weight excluding hydrogens is 602 g/mol. The van der Waals surface area contributed by atoms with Crippen LogP contribution in [-0.2, 0) is 23.4 Å². The molecule has 1 aromatic carbocycles. The second-order valence-corrected chi connectivity index (χ2v) is 13.3. The number of alkyl halides is 2. The lowest BCUT2D eigenvalue weighted by atomic mass is 9.97. The second-order valence-electron chi connectivity index (χ2n) is 8.88. The Morgan fingerprint density at radius 3 is 2.57 bits per heavy atom. The molecule has 11 nitrogen and oxygen atoms in total. The lowest BCUT2D eigenvalue weighted by Crippen LogP contribution is -2.41. The lowest BCUT2D eigenvalue weighted by molar-refractivity contribution is -0.152. The molecule has 1 aromatic heterocycles. The quantitative estimate of drug-likeness (QED) is 0.230. The Kier molecular flexibility index (Phi) is 9.09. The molecular formula is C22H26BrClFN2O9P. The van der Waals surface area contributed by atoms with Crippen molar-refractivity contribution in [3.63, 3.8) is 0 Å². The molecule has 1 saturated heterocycles. The fourth-order valence-corrected chi connectivity index (χ4v) is 6.58. The van der Waals surface area contributed by atoms with Crippen molar-refractivity contribution in [3.8, 4) is 5.75 Å². The van der Waals surface area contributed by atoms with Crippen LogP contribution >= 0.6 is 35.1 Å². The van der Waals surface area contributed by atoms with Gasteiger partial charge in [-0.3, -0.25) is 23.7 Å². The Morgan fingerprint density at radius 1 is 1.32 bits per heavy atom. The summed E-state index contributed by atoms with van der Waals surface area (Å²) >= 11 is 9.60. The highest BCUT2D eigenvalue weighted by atomic mass is 79.9. The first-order valence-corrected chi connectivity index (χ1v) is 14.0. The molecule has 1 aliphatic heterocycles. The number of nitrogens with one attached hydrogen (secondary N) is 1. The van der Waals surface area contributed by atoms with Crippen LogP contribution in [0.1, 0.15) is 27.0 Å². The van der Waals surface area contributed by atoms with Gasteiger partial charge in [-0.15, -0.1) is 0 Å². The second kappa shape index (κ2) is 11.4. The summed E-state index contributed by atoms with van der Waals surface area (Å²) in [6.07, 6.45) is -3.30. The molecule has 37 heavy (non-hydrogen) atoms. The van der Waals surface area contributed by atoms with E-state index in [2.05, 4.69) is 20.9 Å². The maximum absolute atomic E-state index is 13.8. The van der Waals surface area contributed by atoms with Crippen molar-refractivity contribution < 1.29 is 37.4 Å². The summed E-state index contributed by atoms with van der Waals surface area (Å²) in [6.45, 7) is 4.19. The van der Waals surface area contributed by atoms with Crippen LogP contribution in [0.5, 0.6) is 5.75 Å². The molecule has 0 radical (unpaired) electrons. The highest BCUT2D eigenvalue weighted by Crippen LogP contribution is 2.54. The molecule has 0 aliphatic carbocycles. The standard InChI is InChI=1S/C22H26BrClFN2O9P/c1-4-33-19(30)21(2,3)12-37(32,36-14-7-5-13(25)6-8-14)34-11-15-17(29)22(23,24)18(35-15)27-10-9-16(28)26-20(27)31/h5-10,15,17-18,29H,4,11-12H2,1-3H3,(H,26,28,31)/t15-,17-,18-,22+,37-/m1/s1. The van der Waals surface area contributed by atoms with Gasteiger partial charge in [0.15, 0.2) is 10.0 Å². The SMILES string of the molecule is CCOC(=O)C(C)(C)C[P@@](=O)(OC[C@H]1O[C@@H](n2ccc(=O)[nH]c2=O)[C@](Cl)(Br)[C@@H]1O)Oc1ccc(F)cc1. The first-order valence-electron chi connectivity index (χ1n) is 11.1. The maximum atomic E-state index is 13.8. The third-order valence-corrected chi connectivity index (χ3v) is 8.87. The smallest absolute Gasteiger partial charge is 0.380 e. The number of H-pyrrole nitrogens is 1. The molecule has 2 N–H and O–H groups in total. The number of halogens is 3. The van der Waals surface area contributed by atoms with E-state index in [0.29, 0.717) is 0 Å². The van der Waals surface area contributed by atoms with Gasteiger partial charge in [-0.2, -0.15) is 0 Å². The average Bonchev–Trinajstić information content (AvgIpc) is 3.02. The maximum Gasteiger partial charge on any atom is 0.380 e. The largest absolute Gasteiger partial charge is 0.466 e. The Bertz CT molecular complexity index is 1280. The van der Waals surface area contributed by atoms with Gasteiger partial charge in [0.25, 0.3) is 5.56 Å². The van der Waals surface area contributed by atoms with Crippen LogP contribution < -0.4 is 15.8 Å². The zero-order chi connectivity index (χ0) is 27.6. The Hall–Kier alpha value is -2.02.